The van der Waals surface area contributed by atoms with E-state index < -0.39 is 23.5 Å². The molecule has 0 bridgehead atoms. The third-order valence-corrected chi connectivity index (χ3v) is 24.7. The van der Waals surface area contributed by atoms with Crippen LogP contribution in [0.15, 0.2) is 10.2 Å². The van der Waals surface area contributed by atoms with E-state index in [1.165, 1.54) is 12.8 Å². The van der Waals surface area contributed by atoms with Crippen molar-refractivity contribution in [1.82, 2.24) is 25.8 Å². The lowest BCUT2D eigenvalue weighted by Crippen LogP contribution is -2.60. The largest absolute Gasteiger partial charge is 0.390 e. The molecule has 0 aromatic rings. The maximum atomic E-state index is 13.7. The van der Waals surface area contributed by atoms with Crippen LogP contribution in [-0.2, 0) is 42.7 Å². The van der Waals surface area contributed by atoms with Crippen LogP contribution in [0, 0.1) is 50.7 Å². The van der Waals surface area contributed by atoms with Gasteiger partial charge in [-0.2, -0.15) is 22.0 Å². The topological polar surface area (TPSA) is 224 Å². The fourth-order valence-corrected chi connectivity index (χ4v) is 20.4. The van der Waals surface area contributed by atoms with Gasteiger partial charge < -0.3 is 64.2 Å². The number of hydrogen-bond acceptors (Lipinski definition) is 16. The van der Waals surface area contributed by atoms with Crippen LogP contribution in [0.2, 0.25) is 0 Å². The molecule has 9 fully saturated rings. The van der Waals surface area contributed by atoms with Crippen LogP contribution in [0.25, 0.3) is 0 Å². The summed E-state index contributed by atoms with van der Waals surface area (Å²) in [5.74, 6) is 2.73. The molecular weight excluding hydrogens is 1080 g/mol. The fourth-order valence-electron chi connectivity index (χ4n) is 18.8. The highest BCUT2D eigenvalue weighted by Gasteiger charge is 2.85. The molecule has 472 valence electrons. The number of amides is 4. The van der Waals surface area contributed by atoms with Crippen molar-refractivity contribution in [3.63, 3.8) is 0 Å². The molecule has 19 nitrogen and oxygen atoms in total. The second-order valence-electron chi connectivity index (χ2n) is 28.9. The Hall–Kier alpha value is -2.24. The van der Waals surface area contributed by atoms with Gasteiger partial charge in [-0.15, -0.1) is 0 Å². The Morgan fingerprint density at radius 3 is 2.37 bits per heavy atom. The number of carbonyl (C=O) groups excluding carboxylic acids is 3. The minimum absolute atomic E-state index is 0.0394. The summed E-state index contributed by atoms with van der Waals surface area (Å²) < 4.78 is 44.1. The molecule has 20 heteroatoms. The number of ether oxygens (including phenoxy) is 7. The van der Waals surface area contributed by atoms with Gasteiger partial charge in [0, 0.05) is 94.8 Å². The summed E-state index contributed by atoms with van der Waals surface area (Å²) in [5.41, 5.74) is -1.33. The number of thioether (sulfide) groups is 1. The first-order chi connectivity index (χ1) is 39.6. The third kappa shape index (κ3) is 13.1. The smallest absolute Gasteiger partial charge is 0.315 e. The lowest BCUT2D eigenvalue weighted by Gasteiger charge is -2.64. The van der Waals surface area contributed by atoms with Crippen LogP contribution in [0.1, 0.15) is 165 Å². The van der Waals surface area contributed by atoms with Crippen molar-refractivity contribution in [2.24, 2.45) is 61.0 Å². The molecule has 0 radical (unpaired) electrons. The highest BCUT2D eigenvalue weighted by atomic mass is 32.2. The van der Waals surface area contributed by atoms with Gasteiger partial charge in [-0.1, -0.05) is 41.0 Å². The molecule has 5 heterocycles. The van der Waals surface area contributed by atoms with Gasteiger partial charge in [-0.25, -0.2) is 4.79 Å². The second kappa shape index (κ2) is 26.1. The van der Waals surface area contributed by atoms with E-state index in [9.17, 15) is 24.6 Å². The maximum Gasteiger partial charge on any atom is 0.315 e. The van der Waals surface area contributed by atoms with Gasteiger partial charge in [0.05, 0.1) is 75.1 Å². The minimum atomic E-state index is -1.05. The molecular formula is C63H107N7O12S. The van der Waals surface area contributed by atoms with Gasteiger partial charge in [0.1, 0.15) is 6.10 Å². The number of aliphatic hydroxyl groups excluding tert-OH is 1. The molecule has 4 saturated heterocycles. The number of hydrogen-bond donors (Lipinski definition) is 5. The zero-order valence-corrected chi connectivity index (χ0v) is 52.9. The molecule has 5 saturated carbocycles. The van der Waals surface area contributed by atoms with E-state index in [1.807, 2.05) is 44.4 Å². The van der Waals surface area contributed by atoms with Gasteiger partial charge in [0.15, 0.2) is 12.0 Å². The second-order valence-corrected chi connectivity index (χ2v) is 30.1. The average Bonchev–Trinajstić information content (AvgIpc) is 1.48. The fraction of sp³-hybridized carbons (Fsp3) is 0.952. The SMILES string of the molecule is CCO[C@@H](C1C[C@@H](C)[C@H]2C(O1)[C@H](O)[C@@]1(C)C3CC[C@H]4C(C)(C)C(O[C@H]5CN(CCN(CCCOCCOCCOCCCNC(=O)CCCC[C@@H]6SCC7NC(=O)NC76)C(=O)CCC6(C)N=N6)CCO5)CCC45CC35CCC21C)C(C)(C)O. The molecule has 4 amide bonds. The first-order valence-corrected chi connectivity index (χ1v) is 33.7. The Morgan fingerprint density at radius 1 is 0.916 bits per heavy atom. The van der Waals surface area contributed by atoms with E-state index in [1.54, 1.807) is 0 Å². The minimum Gasteiger partial charge on any atom is -0.390 e. The standard InChI is InChI=1S/C63H107N7O12S/c1-10-79-55(58(5,6)75)43-37-41(2)51-53(81-43)54(73)61(9)46-18-17-45-57(3,4)47(19-22-62(45)40-63(46,62)24-23-59(51,61)7)82-50-38-69(29-32-80-50)27-28-70(49(72)20-21-60(8)67-68-60)26-14-31-77-34-36-78-35-33-76-30-13-25-64-48(71)16-12-11-15-44-52-42(39-83-44)65-56(74)66-52/h41-47,50-55,73,75H,10-40H2,1-9H3,(H,64,71)(H2,65,66,74)/t41-,42?,43?,44+,45+,46?,47?,50+,51+,52?,53?,54+,55+,59?,61-,62?,63?/m1/s1. The van der Waals surface area contributed by atoms with E-state index in [0.29, 0.717) is 121 Å². The van der Waals surface area contributed by atoms with E-state index in [4.69, 9.17) is 33.2 Å². The molecule has 0 aromatic heterocycles. The van der Waals surface area contributed by atoms with Crippen molar-refractivity contribution >= 4 is 29.6 Å². The van der Waals surface area contributed by atoms with E-state index in [2.05, 4.69) is 65.7 Å². The normalized spacial score (nSPS) is 39.3. The highest BCUT2D eigenvalue weighted by Crippen LogP contribution is 2.89. The average molecular weight is 1190 g/mol. The summed E-state index contributed by atoms with van der Waals surface area (Å²) in [6, 6.07) is 0.390. The summed E-state index contributed by atoms with van der Waals surface area (Å²) in [6.07, 6.45) is 12.9. The third-order valence-electron chi connectivity index (χ3n) is 23.2. The first kappa shape index (κ1) is 63.8. The van der Waals surface area contributed by atoms with Gasteiger partial charge in [-0.05, 0) is 150 Å². The van der Waals surface area contributed by atoms with Crippen molar-refractivity contribution in [2.75, 3.05) is 97.9 Å². The van der Waals surface area contributed by atoms with Crippen LogP contribution in [0.4, 0.5) is 4.79 Å². The summed E-state index contributed by atoms with van der Waals surface area (Å²) in [4.78, 5) is 42.0. The number of aliphatic hydroxyl groups is 2. The van der Waals surface area contributed by atoms with Crippen LogP contribution in [-0.4, -0.2) is 201 Å². The van der Waals surface area contributed by atoms with Crippen molar-refractivity contribution in [3.8, 4) is 0 Å². The van der Waals surface area contributed by atoms with Gasteiger partial charge in [0.25, 0.3) is 0 Å². The summed E-state index contributed by atoms with van der Waals surface area (Å²) in [7, 11) is 0. The molecule has 5 aliphatic carbocycles. The molecule has 9 unspecified atom stereocenters. The van der Waals surface area contributed by atoms with Gasteiger partial charge in [0.2, 0.25) is 11.8 Å². The molecule has 17 atom stereocenters. The van der Waals surface area contributed by atoms with Crippen molar-refractivity contribution < 1.29 is 57.8 Å². The Labute approximate surface area is 500 Å². The van der Waals surface area contributed by atoms with E-state index >= 15 is 0 Å². The summed E-state index contributed by atoms with van der Waals surface area (Å²) in [6.45, 7) is 27.9. The lowest BCUT2D eigenvalue weighted by atomic mass is 9.41. The Morgan fingerprint density at radius 2 is 1.64 bits per heavy atom. The van der Waals surface area contributed by atoms with Crippen LogP contribution in [0.5, 0.6) is 0 Å². The Kier molecular flexibility index (Phi) is 20.0. The first-order valence-electron chi connectivity index (χ1n) is 32.7. The van der Waals surface area contributed by atoms with Gasteiger partial charge >= 0.3 is 6.03 Å². The number of carbonyl (C=O) groups is 3. The lowest BCUT2D eigenvalue weighted by molar-refractivity contribution is -0.249. The van der Waals surface area contributed by atoms with Crippen LogP contribution in [0.3, 0.4) is 0 Å². The van der Waals surface area contributed by atoms with Crippen molar-refractivity contribution in [1.29, 1.82) is 0 Å². The Bertz CT molecular complexity index is 2260. The number of urea groups is 1. The molecule has 0 aromatic carbocycles. The zero-order valence-electron chi connectivity index (χ0n) is 52.1. The van der Waals surface area contributed by atoms with Gasteiger partial charge in [-0.3, -0.25) is 14.5 Å². The number of rotatable bonds is 31. The molecule has 5 N–H and O–H groups in total. The summed E-state index contributed by atoms with van der Waals surface area (Å²) >= 11 is 1.91. The zero-order chi connectivity index (χ0) is 59.0. The predicted octanol–water partition coefficient (Wildman–Crippen LogP) is 7.48. The maximum absolute atomic E-state index is 13.7. The Balaban J connectivity index is 0.621. The number of unbranched alkanes of at least 4 members (excludes halogenated alkanes) is 1. The molecule has 83 heavy (non-hydrogen) atoms. The number of fused-ring (bicyclic) bond motifs is 5. The van der Waals surface area contributed by atoms with E-state index in [0.717, 1.165) is 89.5 Å². The molecule has 5 aliphatic heterocycles. The monoisotopic (exact) mass is 1190 g/mol. The quantitative estimate of drug-likeness (QED) is 0.0336. The number of morpholine rings is 1. The van der Waals surface area contributed by atoms with Crippen LogP contribution >= 0.6 is 11.8 Å². The molecule has 10 aliphatic rings. The summed E-state index contributed by atoms with van der Waals surface area (Å²) in [5, 5.41) is 41.8. The predicted molar refractivity (Wildman–Crippen MR) is 317 cm³/mol. The highest BCUT2D eigenvalue weighted by molar-refractivity contribution is 8.00. The molecule has 2 spiro atoms. The number of nitrogens with zero attached hydrogens (tertiary/aromatic N) is 4. The van der Waals surface area contributed by atoms with Crippen molar-refractivity contribution in [3.05, 3.63) is 0 Å². The van der Waals surface area contributed by atoms with E-state index in [-0.39, 0.29) is 87.5 Å². The molecule has 10 rings (SSSR count). The number of nitrogens with one attached hydrogen (secondary N) is 3. The van der Waals surface area contributed by atoms with Crippen molar-refractivity contribution in [2.45, 2.75) is 230 Å². The van der Waals surface area contributed by atoms with Crippen LogP contribution < -0.4 is 16.0 Å².